The Kier molecular flexibility index (Phi) is 4.57. The third-order valence-electron chi connectivity index (χ3n) is 4.29. The van der Waals surface area contributed by atoms with Crippen LogP contribution in [0, 0.1) is 23.0 Å². The van der Waals surface area contributed by atoms with Crippen molar-refractivity contribution in [3.8, 4) is 5.75 Å². The number of nitrogens with one attached hydrogen (secondary N) is 1. The number of amides is 2. The number of phenolic OH excluding ortho intramolecular Hbond substituents is 1. The largest absolute Gasteiger partial charge is 0.506 e. The molecule has 1 saturated heterocycles. The van der Waals surface area contributed by atoms with Gasteiger partial charge in [0.25, 0.3) is 5.69 Å². The van der Waals surface area contributed by atoms with Gasteiger partial charge in [-0.1, -0.05) is 17.7 Å². The molecule has 2 amide bonds. The SMILES string of the molecule is Cc1ccc(N2CC(C(=O)Nc3cc([N+](=O)[O-])ccc3O)CC2=O)cc1. The number of carbonyl (C=O) groups is 2. The highest BCUT2D eigenvalue weighted by Crippen LogP contribution is 2.30. The van der Waals surface area contributed by atoms with Crippen LogP contribution in [0.2, 0.25) is 0 Å². The highest BCUT2D eigenvalue weighted by molar-refractivity contribution is 6.04. The summed E-state index contributed by atoms with van der Waals surface area (Å²) in [6.07, 6.45) is 0.0371. The first-order chi connectivity index (χ1) is 12.3. The molecule has 1 unspecified atom stereocenters. The summed E-state index contributed by atoms with van der Waals surface area (Å²) in [7, 11) is 0. The van der Waals surface area contributed by atoms with Crippen molar-refractivity contribution in [2.75, 3.05) is 16.8 Å². The Hall–Kier alpha value is -3.42. The highest BCUT2D eigenvalue weighted by atomic mass is 16.6. The van der Waals surface area contributed by atoms with Gasteiger partial charge in [-0.3, -0.25) is 19.7 Å². The van der Waals surface area contributed by atoms with E-state index >= 15 is 0 Å². The molecule has 1 aliphatic rings. The Morgan fingerprint density at radius 3 is 2.62 bits per heavy atom. The van der Waals surface area contributed by atoms with Gasteiger partial charge in [0, 0.05) is 30.8 Å². The second-order valence-corrected chi connectivity index (χ2v) is 6.19. The third-order valence-corrected chi connectivity index (χ3v) is 4.29. The van der Waals surface area contributed by atoms with Crippen LogP contribution in [-0.4, -0.2) is 28.4 Å². The fraction of sp³-hybridized carbons (Fsp3) is 0.222. The molecule has 8 heteroatoms. The zero-order valence-corrected chi connectivity index (χ0v) is 14.0. The Labute approximate surface area is 149 Å². The maximum absolute atomic E-state index is 12.5. The van der Waals surface area contributed by atoms with Gasteiger partial charge in [-0.15, -0.1) is 0 Å². The number of nitro benzene ring substituents is 1. The number of non-ortho nitro benzene ring substituents is 1. The number of nitrogens with zero attached hydrogens (tertiary/aromatic N) is 2. The van der Waals surface area contributed by atoms with Crippen molar-refractivity contribution in [1.82, 2.24) is 0 Å². The van der Waals surface area contributed by atoms with Gasteiger partial charge in [0.15, 0.2) is 0 Å². The summed E-state index contributed by atoms with van der Waals surface area (Å²) in [6, 6.07) is 10.8. The van der Waals surface area contributed by atoms with Crippen molar-refractivity contribution in [2.24, 2.45) is 5.92 Å². The molecule has 0 radical (unpaired) electrons. The van der Waals surface area contributed by atoms with Crippen molar-refractivity contribution in [1.29, 1.82) is 0 Å². The first-order valence-electron chi connectivity index (χ1n) is 8.00. The fourth-order valence-electron chi connectivity index (χ4n) is 2.83. The number of benzene rings is 2. The van der Waals surface area contributed by atoms with E-state index in [4.69, 9.17) is 0 Å². The van der Waals surface area contributed by atoms with Crippen LogP contribution < -0.4 is 10.2 Å². The lowest BCUT2D eigenvalue weighted by Crippen LogP contribution is -2.28. The monoisotopic (exact) mass is 355 g/mol. The molecule has 1 aliphatic heterocycles. The van der Waals surface area contributed by atoms with Gasteiger partial charge in [0.2, 0.25) is 11.8 Å². The minimum atomic E-state index is -0.618. The number of hydrogen-bond acceptors (Lipinski definition) is 5. The predicted octanol–water partition coefficient (Wildman–Crippen LogP) is 2.60. The molecule has 1 fully saturated rings. The average molecular weight is 355 g/mol. The minimum Gasteiger partial charge on any atom is -0.506 e. The lowest BCUT2D eigenvalue weighted by atomic mass is 10.1. The summed E-state index contributed by atoms with van der Waals surface area (Å²) in [5.41, 5.74) is 1.48. The molecule has 1 heterocycles. The van der Waals surface area contributed by atoms with E-state index in [9.17, 15) is 24.8 Å². The fourth-order valence-corrected chi connectivity index (χ4v) is 2.83. The van der Waals surface area contributed by atoms with E-state index in [2.05, 4.69) is 5.32 Å². The van der Waals surface area contributed by atoms with Gasteiger partial charge in [0.1, 0.15) is 5.75 Å². The van der Waals surface area contributed by atoms with E-state index in [1.807, 2.05) is 31.2 Å². The van der Waals surface area contributed by atoms with E-state index in [-0.39, 0.29) is 36.0 Å². The van der Waals surface area contributed by atoms with E-state index in [0.29, 0.717) is 5.69 Å². The molecule has 1 atom stereocenters. The van der Waals surface area contributed by atoms with E-state index in [1.165, 1.54) is 4.90 Å². The summed E-state index contributed by atoms with van der Waals surface area (Å²) in [5, 5.41) is 23.1. The third kappa shape index (κ3) is 3.49. The average Bonchev–Trinajstić information content (AvgIpc) is 2.99. The molecule has 0 saturated carbocycles. The maximum Gasteiger partial charge on any atom is 0.271 e. The van der Waals surface area contributed by atoms with Crippen molar-refractivity contribution in [3.63, 3.8) is 0 Å². The molecule has 0 bridgehead atoms. The first-order valence-corrected chi connectivity index (χ1v) is 8.00. The van der Waals surface area contributed by atoms with Crippen LogP contribution in [0.25, 0.3) is 0 Å². The molecule has 2 aromatic rings. The van der Waals surface area contributed by atoms with Gasteiger partial charge in [0.05, 0.1) is 16.5 Å². The number of carbonyl (C=O) groups excluding carboxylic acids is 2. The van der Waals surface area contributed by atoms with Crippen molar-refractivity contribution in [3.05, 3.63) is 58.1 Å². The van der Waals surface area contributed by atoms with Crippen LogP contribution in [0.5, 0.6) is 5.75 Å². The molecular formula is C18H17N3O5. The number of phenols is 1. The summed E-state index contributed by atoms with van der Waals surface area (Å²) in [5.74, 6) is -1.52. The van der Waals surface area contributed by atoms with Crippen LogP contribution >= 0.6 is 0 Å². The molecule has 0 aliphatic carbocycles. The molecular weight excluding hydrogens is 338 g/mol. The Balaban J connectivity index is 1.73. The van der Waals surface area contributed by atoms with Gasteiger partial charge >= 0.3 is 0 Å². The molecule has 134 valence electrons. The lowest BCUT2D eigenvalue weighted by Gasteiger charge is -2.17. The summed E-state index contributed by atoms with van der Waals surface area (Å²) in [4.78, 5) is 36.5. The summed E-state index contributed by atoms with van der Waals surface area (Å²) >= 11 is 0. The predicted molar refractivity (Wildman–Crippen MR) is 95.0 cm³/mol. The zero-order chi connectivity index (χ0) is 18.8. The zero-order valence-electron chi connectivity index (χ0n) is 14.0. The highest BCUT2D eigenvalue weighted by Gasteiger charge is 2.35. The molecule has 2 N–H and O–H groups in total. The number of aryl methyl sites for hydroxylation is 1. The molecule has 0 spiro atoms. The summed E-state index contributed by atoms with van der Waals surface area (Å²) in [6.45, 7) is 2.15. The van der Waals surface area contributed by atoms with Gasteiger partial charge in [-0.2, -0.15) is 0 Å². The topological polar surface area (TPSA) is 113 Å². The van der Waals surface area contributed by atoms with Gasteiger partial charge in [-0.25, -0.2) is 0 Å². The van der Waals surface area contributed by atoms with E-state index < -0.39 is 16.7 Å². The number of nitro groups is 1. The second kappa shape index (κ2) is 6.83. The molecule has 26 heavy (non-hydrogen) atoms. The minimum absolute atomic E-state index is 0.0371. The number of rotatable bonds is 4. The van der Waals surface area contributed by atoms with Crippen LogP contribution in [-0.2, 0) is 9.59 Å². The van der Waals surface area contributed by atoms with Gasteiger partial charge < -0.3 is 15.3 Å². The Bertz CT molecular complexity index is 879. The molecule has 8 nitrogen and oxygen atoms in total. The molecule has 0 aromatic heterocycles. The van der Waals surface area contributed by atoms with Crippen LogP contribution in [0.4, 0.5) is 17.1 Å². The van der Waals surface area contributed by atoms with Crippen LogP contribution in [0.15, 0.2) is 42.5 Å². The molecule has 3 rings (SSSR count). The number of hydrogen-bond donors (Lipinski definition) is 2. The quantitative estimate of drug-likeness (QED) is 0.497. The molecule has 2 aromatic carbocycles. The van der Waals surface area contributed by atoms with Crippen molar-refractivity contribution in [2.45, 2.75) is 13.3 Å². The van der Waals surface area contributed by atoms with Gasteiger partial charge in [-0.05, 0) is 25.1 Å². The van der Waals surface area contributed by atoms with Crippen molar-refractivity contribution >= 4 is 28.9 Å². The number of aromatic hydroxyl groups is 1. The maximum atomic E-state index is 12.5. The normalized spacial score (nSPS) is 16.6. The number of anilines is 2. The Morgan fingerprint density at radius 1 is 1.27 bits per heavy atom. The second-order valence-electron chi connectivity index (χ2n) is 6.19. The standard InChI is InChI=1S/C18H17N3O5/c1-11-2-4-13(5-3-11)20-10-12(8-17(20)23)18(24)19-15-9-14(21(25)26)6-7-16(15)22/h2-7,9,12,22H,8,10H2,1H3,(H,19,24). The lowest BCUT2D eigenvalue weighted by molar-refractivity contribution is -0.384. The first kappa shape index (κ1) is 17.4. The van der Waals surface area contributed by atoms with Crippen LogP contribution in [0.3, 0.4) is 0 Å². The van der Waals surface area contributed by atoms with Crippen LogP contribution in [0.1, 0.15) is 12.0 Å². The summed E-state index contributed by atoms with van der Waals surface area (Å²) < 4.78 is 0. The smallest absolute Gasteiger partial charge is 0.271 e. The Morgan fingerprint density at radius 2 is 1.96 bits per heavy atom. The van der Waals surface area contributed by atoms with Crippen molar-refractivity contribution < 1.29 is 19.6 Å². The van der Waals surface area contributed by atoms with E-state index in [0.717, 1.165) is 23.8 Å². The van der Waals surface area contributed by atoms with E-state index in [1.54, 1.807) is 0 Å².